The van der Waals surface area contributed by atoms with Crippen LogP contribution >= 0.6 is 11.3 Å². The average molecular weight is 276 g/mol. The molecular weight excluding hydrogens is 264 g/mol. The fourth-order valence-corrected chi connectivity index (χ4v) is 2.32. The maximum atomic E-state index is 10.9. The Morgan fingerprint density at radius 2 is 1.89 bits per heavy atom. The molecule has 0 fully saturated rings. The van der Waals surface area contributed by atoms with Crippen molar-refractivity contribution in [3.63, 3.8) is 0 Å². The van der Waals surface area contributed by atoms with Gasteiger partial charge in [-0.1, -0.05) is 0 Å². The van der Waals surface area contributed by atoms with Gasteiger partial charge in [-0.15, -0.1) is 11.3 Å². The molecule has 4 N–H and O–H groups in total. The van der Waals surface area contributed by atoms with Crippen LogP contribution in [0.2, 0.25) is 0 Å². The number of amides is 1. The number of primary amides is 1. The van der Waals surface area contributed by atoms with Gasteiger partial charge in [0.1, 0.15) is 0 Å². The van der Waals surface area contributed by atoms with Crippen molar-refractivity contribution in [1.82, 2.24) is 0 Å². The average Bonchev–Trinajstić information content (AvgIpc) is 2.86. The third kappa shape index (κ3) is 3.32. The number of anilines is 1. The summed E-state index contributed by atoms with van der Waals surface area (Å²) in [5, 5.41) is 13.6. The lowest BCUT2D eigenvalue weighted by molar-refractivity contribution is 0.0697. The molecule has 0 saturated carbocycles. The molecule has 0 aliphatic rings. The number of aromatic carboxylic acids is 1. The van der Waals surface area contributed by atoms with E-state index in [-0.39, 0.29) is 0 Å². The molecule has 19 heavy (non-hydrogen) atoms. The third-order valence-corrected chi connectivity index (χ3v) is 3.47. The first-order valence-corrected chi connectivity index (χ1v) is 6.38. The molecule has 2 rings (SSSR count). The highest BCUT2D eigenvalue weighted by Crippen LogP contribution is 2.17. The molecule has 1 heterocycles. The zero-order valence-electron chi connectivity index (χ0n) is 9.92. The number of carbonyl (C=O) groups excluding carboxylic acids is 1. The number of nitrogens with one attached hydrogen (secondary N) is 1. The summed E-state index contributed by atoms with van der Waals surface area (Å²) in [6, 6.07) is 8.43. The summed E-state index contributed by atoms with van der Waals surface area (Å²) in [4.78, 5) is 22.6. The van der Waals surface area contributed by atoms with E-state index in [2.05, 4.69) is 5.32 Å². The Morgan fingerprint density at radius 3 is 2.42 bits per heavy atom. The second kappa shape index (κ2) is 5.53. The topological polar surface area (TPSA) is 92.4 Å². The standard InChI is InChI=1S/C13H12N2O3S/c14-12(16)8-1-3-10(4-2-8)15-6-11-5-9(7-19-11)13(17)18/h1-5,7,15H,6H2,(H2,14,16)(H,17,18). The van der Waals surface area contributed by atoms with Crippen LogP contribution in [0.4, 0.5) is 5.69 Å². The van der Waals surface area contributed by atoms with Crippen molar-refractivity contribution in [2.24, 2.45) is 5.73 Å². The lowest BCUT2D eigenvalue weighted by atomic mass is 10.2. The van der Waals surface area contributed by atoms with Crippen LogP contribution in [0.15, 0.2) is 35.7 Å². The molecule has 1 aromatic heterocycles. The Hall–Kier alpha value is -2.34. The van der Waals surface area contributed by atoms with Crippen LogP contribution in [0.1, 0.15) is 25.6 Å². The van der Waals surface area contributed by atoms with Gasteiger partial charge in [0.25, 0.3) is 0 Å². The second-order valence-electron chi connectivity index (χ2n) is 3.90. The lowest BCUT2D eigenvalue weighted by Gasteiger charge is -2.05. The summed E-state index contributed by atoms with van der Waals surface area (Å²) in [5.41, 5.74) is 6.74. The summed E-state index contributed by atoms with van der Waals surface area (Å²) < 4.78 is 0. The van der Waals surface area contributed by atoms with Crippen LogP contribution in [0.25, 0.3) is 0 Å². The van der Waals surface area contributed by atoms with Crippen LogP contribution in [-0.4, -0.2) is 17.0 Å². The Bertz CT molecular complexity index is 605. The predicted octanol–water partition coefficient (Wildman–Crippen LogP) is 2.16. The Kier molecular flexibility index (Phi) is 3.82. The van der Waals surface area contributed by atoms with E-state index in [4.69, 9.17) is 10.8 Å². The molecule has 0 saturated heterocycles. The van der Waals surface area contributed by atoms with Crippen molar-refractivity contribution in [3.8, 4) is 0 Å². The number of thiophene rings is 1. The molecule has 0 radical (unpaired) electrons. The number of carboxylic acid groups (broad SMARTS) is 1. The van der Waals surface area contributed by atoms with E-state index < -0.39 is 11.9 Å². The van der Waals surface area contributed by atoms with Gasteiger partial charge >= 0.3 is 5.97 Å². The zero-order chi connectivity index (χ0) is 13.8. The van der Waals surface area contributed by atoms with Crippen LogP contribution in [0.3, 0.4) is 0 Å². The molecule has 0 unspecified atom stereocenters. The normalized spacial score (nSPS) is 10.1. The maximum absolute atomic E-state index is 10.9. The zero-order valence-corrected chi connectivity index (χ0v) is 10.7. The van der Waals surface area contributed by atoms with Crippen molar-refractivity contribution >= 4 is 28.9 Å². The van der Waals surface area contributed by atoms with Crippen molar-refractivity contribution in [1.29, 1.82) is 0 Å². The van der Waals surface area contributed by atoms with Crippen LogP contribution in [0.5, 0.6) is 0 Å². The largest absolute Gasteiger partial charge is 0.478 e. The molecule has 1 aromatic carbocycles. The smallest absolute Gasteiger partial charge is 0.336 e. The van der Waals surface area contributed by atoms with Gasteiger partial charge in [0, 0.05) is 28.1 Å². The number of carboxylic acids is 1. The lowest BCUT2D eigenvalue weighted by Crippen LogP contribution is -2.10. The second-order valence-corrected chi connectivity index (χ2v) is 4.90. The van der Waals surface area contributed by atoms with E-state index in [0.29, 0.717) is 17.7 Å². The van der Waals surface area contributed by atoms with E-state index in [1.165, 1.54) is 11.3 Å². The van der Waals surface area contributed by atoms with E-state index in [0.717, 1.165) is 10.6 Å². The third-order valence-electron chi connectivity index (χ3n) is 2.54. The maximum Gasteiger partial charge on any atom is 0.336 e. The molecule has 0 spiro atoms. The minimum Gasteiger partial charge on any atom is -0.478 e. The Balaban J connectivity index is 1.97. The summed E-state index contributed by atoms with van der Waals surface area (Å²) in [5.74, 6) is -1.38. The quantitative estimate of drug-likeness (QED) is 0.780. The summed E-state index contributed by atoms with van der Waals surface area (Å²) in [7, 11) is 0. The summed E-state index contributed by atoms with van der Waals surface area (Å²) >= 11 is 1.39. The van der Waals surface area contributed by atoms with Crippen molar-refractivity contribution in [3.05, 3.63) is 51.7 Å². The SMILES string of the molecule is NC(=O)c1ccc(NCc2cc(C(=O)O)cs2)cc1. The molecular formula is C13H12N2O3S. The number of hydrogen-bond acceptors (Lipinski definition) is 4. The number of carbonyl (C=O) groups is 2. The highest BCUT2D eigenvalue weighted by Gasteiger charge is 2.06. The molecule has 0 aliphatic heterocycles. The first-order chi connectivity index (χ1) is 9.06. The monoisotopic (exact) mass is 276 g/mol. The molecule has 0 atom stereocenters. The first-order valence-electron chi connectivity index (χ1n) is 5.50. The highest BCUT2D eigenvalue weighted by molar-refractivity contribution is 7.10. The van der Waals surface area contributed by atoms with E-state index in [1.54, 1.807) is 35.7 Å². The number of hydrogen-bond donors (Lipinski definition) is 3. The van der Waals surface area contributed by atoms with Gasteiger partial charge in [-0.25, -0.2) is 4.79 Å². The van der Waals surface area contributed by atoms with Crippen LogP contribution < -0.4 is 11.1 Å². The summed E-state index contributed by atoms with van der Waals surface area (Å²) in [6.45, 7) is 0.536. The van der Waals surface area contributed by atoms with Gasteiger partial charge in [-0.3, -0.25) is 4.79 Å². The van der Waals surface area contributed by atoms with Gasteiger partial charge in [-0.05, 0) is 30.3 Å². The van der Waals surface area contributed by atoms with E-state index in [9.17, 15) is 9.59 Å². The predicted molar refractivity (Wildman–Crippen MR) is 73.6 cm³/mol. The van der Waals surface area contributed by atoms with Crippen LogP contribution in [-0.2, 0) is 6.54 Å². The molecule has 98 valence electrons. The molecule has 0 bridgehead atoms. The number of benzene rings is 1. The highest BCUT2D eigenvalue weighted by atomic mass is 32.1. The molecule has 6 heteroatoms. The van der Waals surface area contributed by atoms with E-state index in [1.807, 2.05) is 0 Å². The van der Waals surface area contributed by atoms with Crippen LogP contribution in [0, 0.1) is 0 Å². The molecule has 1 amide bonds. The van der Waals surface area contributed by atoms with Gasteiger partial charge in [0.2, 0.25) is 5.91 Å². The Labute approximate surface area is 113 Å². The van der Waals surface area contributed by atoms with Gasteiger partial charge in [-0.2, -0.15) is 0 Å². The summed E-state index contributed by atoms with van der Waals surface area (Å²) in [6.07, 6.45) is 0. The van der Waals surface area contributed by atoms with Crippen molar-refractivity contribution < 1.29 is 14.7 Å². The van der Waals surface area contributed by atoms with Gasteiger partial charge in [0.15, 0.2) is 0 Å². The minimum absolute atomic E-state index is 0.297. The fourth-order valence-electron chi connectivity index (χ4n) is 1.53. The fraction of sp³-hybridized carbons (Fsp3) is 0.0769. The van der Waals surface area contributed by atoms with Crippen molar-refractivity contribution in [2.75, 3.05) is 5.32 Å². The minimum atomic E-state index is -0.923. The van der Waals surface area contributed by atoms with Crippen molar-refractivity contribution in [2.45, 2.75) is 6.54 Å². The van der Waals surface area contributed by atoms with E-state index >= 15 is 0 Å². The first kappa shape index (κ1) is 13.1. The van der Waals surface area contributed by atoms with Gasteiger partial charge in [0.05, 0.1) is 5.56 Å². The molecule has 2 aromatic rings. The number of nitrogens with two attached hydrogens (primary N) is 1. The number of rotatable bonds is 5. The Morgan fingerprint density at radius 1 is 1.21 bits per heavy atom. The van der Waals surface area contributed by atoms with Gasteiger partial charge < -0.3 is 16.2 Å². The molecule has 5 nitrogen and oxygen atoms in total. The molecule has 0 aliphatic carbocycles.